The van der Waals surface area contributed by atoms with Crippen LogP contribution < -0.4 is 15.4 Å². The summed E-state index contributed by atoms with van der Waals surface area (Å²) in [6.07, 6.45) is 1.93. The summed E-state index contributed by atoms with van der Waals surface area (Å²) in [7, 11) is -3.81. The van der Waals surface area contributed by atoms with Gasteiger partial charge < -0.3 is 10.6 Å². The molecule has 1 fully saturated rings. The van der Waals surface area contributed by atoms with E-state index in [2.05, 4.69) is 15.4 Å². The Morgan fingerprint density at radius 2 is 1.74 bits per heavy atom. The topological polar surface area (TPSA) is 87.3 Å². The summed E-state index contributed by atoms with van der Waals surface area (Å²) in [5, 5.41) is 6.16. The summed E-state index contributed by atoms with van der Waals surface area (Å²) in [4.78, 5) is 12.3. The number of piperidine rings is 1. The van der Waals surface area contributed by atoms with Gasteiger partial charge in [0.1, 0.15) is 5.82 Å². The lowest BCUT2D eigenvalue weighted by molar-refractivity contribution is 0.0930. The fourth-order valence-electron chi connectivity index (χ4n) is 2.76. The number of hydrogen-bond acceptors (Lipinski definition) is 4. The van der Waals surface area contributed by atoms with Crippen molar-refractivity contribution < 1.29 is 17.6 Å². The Hall–Kier alpha value is -2.16. The van der Waals surface area contributed by atoms with Gasteiger partial charge in [-0.3, -0.25) is 9.52 Å². The summed E-state index contributed by atoms with van der Waals surface area (Å²) >= 11 is 0. The molecule has 3 rings (SSSR count). The number of rotatable bonds is 5. The molecule has 1 amide bonds. The van der Waals surface area contributed by atoms with Crippen LogP contribution in [0.4, 0.5) is 10.1 Å². The third-order valence-corrected chi connectivity index (χ3v) is 5.55. The minimum absolute atomic E-state index is 0. The van der Waals surface area contributed by atoms with Gasteiger partial charge in [-0.15, -0.1) is 12.4 Å². The first kappa shape index (κ1) is 21.1. The van der Waals surface area contributed by atoms with Gasteiger partial charge in [-0.25, -0.2) is 12.8 Å². The molecule has 0 aliphatic carbocycles. The predicted molar refractivity (Wildman–Crippen MR) is 104 cm³/mol. The second-order valence-electron chi connectivity index (χ2n) is 6.15. The van der Waals surface area contributed by atoms with Crippen LogP contribution in [0, 0.1) is 5.82 Å². The fourth-order valence-corrected chi connectivity index (χ4v) is 3.82. The summed E-state index contributed by atoms with van der Waals surface area (Å²) in [6, 6.07) is 10.8. The molecule has 27 heavy (non-hydrogen) atoms. The molecule has 6 nitrogen and oxygen atoms in total. The molecule has 1 aliphatic rings. The third kappa shape index (κ3) is 5.66. The van der Waals surface area contributed by atoms with E-state index in [0.29, 0.717) is 5.56 Å². The van der Waals surface area contributed by atoms with Crippen molar-refractivity contribution in [3.8, 4) is 0 Å². The maximum Gasteiger partial charge on any atom is 0.261 e. The fraction of sp³-hybridized carbons (Fsp3) is 0.278. The van der Waals surface area contributed by atoms with E-state index in [1.54, 1.807) is 0 Å². The Labute approximate surface area is 164 Å². The molecule has 2 aromatic rings. The predicted octanol–water partition coefficient (Wildman–Crippen LogP) is 2.53. The summed E-state index contributed by atoms with van der Waals surface area (Å²) in [6.45, 7) is 1.69. The molecule has 3 N–H and O–H groups in total. The lowest BCUT2D eigenvalue weighted by atomic mass is 10.1. The zero-order valence-electron chi connectivity index (χ0n) is 14.4. The van der Waals surface area contributed by atoms with E-state index < -0.39 is 15.8 Å². The van der Waals surface area contributed by atoms with Crippen molar-refractivity contribution >= 4 is 34.0 Å². The Bertz CT molecular complexity index is 868. The van der Waals surface area contributed by atoms with Crippen molar-refractivity contribution in [3.05, 3.63) is 59.9 Å². The Morgan fingerprint density at radius 3 is 2.33 bits per heavy atom. The van der Waals surface area contributed by atoms with Gasteiger partial charge in [0.25, 0.3) is 15.9 Å². The number of halogens is 2. The first-order chi connectivity index (χ1) is 12.4. The molecule has 0 spiro atoms. The summed E-state index contributed by atoms with van der Waals surface area (Å²) in [5.74, 6) is -0.675. The van der Waals surface area contributed by atoms with Gasteiger partial charge in [-0.2, -0.15) is 0 Å². The smallest absolute Gasteiger partial charge is 0.261 e. The maximum atomic E-state index is 12.9. The highest BCUT2D eigenvalue weighted by molar-refractivity contribution is 7.92. The molecule has 0 saturated carbocycles. The van der Waals surface area contributed by atoms with Crippen LogP contribution in [0.3, 0.4) is 0 Å². The van der Waals surface area contributed by atoms with E-state index in [0.717, 1.165) is 25.9 Å². The van der Waals surface area contributed by atoms with Gasteiger partial charge in [0.15, 0.2) is 0 Å². The summed E-state index contributed by atoms with van der Waals surface area (Å²) in [5.41, 5.74) is 0.661. The van der Waals surface area contributed by atoms with E-state index in [9.17, 15) is 17.6 Å². The van der Waals surface area contributed by atoms with Crippen LogP contribution in [0.1, 0.15) is 23.2 Å². The number of amides is 1. The molecule has 1 saturated heterocycles. The molecule has 0 radical (unpaired) electrons. The molecule has 0 bridgehead atoms. The van der Waals surface area contributed by atoms with Crippen LogP contribution in [0.25, 0.3) is 0 Å². The van der Waals surface area contributed by atoms with E-state index in [1.165, 1.54) is 48.5 Å². The molecular weight excluding hydrogens is 393 g/mol. The van der Waals surface area contributed by atoms with Crippen LogP contribution in [-0.2, 0) is 10.0 Å². The number of sulfonamides is 1. The molecule has 9 heteroatoms. The zero-order chi connectivity index (χ0) is 18.6. The van der Waals surface area contributed by atoms with Gasteiger partial charge in [-0.1, -0.05) is 0 Å². The minimum Gasteiger partial charge on any atom is -0.348 e. The van der Waals surface area contributed by atoms with Crippen molar-refractivity contribution in [2.24, 2.45) is 0 Å². The lowest BCUT2D eigenvalue weighted by Gasteiger charge is -2.23. The van der Waals surface area contributed by atoms with Gasteiger partial charge >= 0.3 is 0 Å². The highest BCUT2D eigenvalue weighted by Crippen LogP contribution is 2.17. The molecule has 1 unspecified atom stereocenters. The maximum absolute atomic E-state index is 12.9. The van der Waals surface area contributed by atoms with Crippen LogP contribution in [0.2, 0.25) is 0 Å². The number of nitrogens with one attached hydrogen (secondary N) is 3. The molecule has 0 aromatic heterocycles. The van der Waals surface area contributed by atoms with E-state index >= 15 is 0 Å². The average Bonchev–Trinajstić information content (AvgIpc) is 2.64. The first-order valence-electron chi connectivity index (χ1n) is 8.34. The molecular formula is C18H21ClFN3O3S. The van der Waals surface area contributed by atoms with Crippen molar-refractivity contribution in [1.82, 2.24) is 10.6 Å². The van der Waals surface area contributed by atoms with Crippen LogP contribution in [-0.4, -0.2) is 33.5 Å². The van der Waals surface area contributed by atoms with Crippen LogP contribution in [0.15, 0.2) is 53.4 Å². The second-order valence-corrected chi connectivity index (χ2v) is 7.84. The van der Waals surface area contributed by atoms with E-state index in [4.69, 9.17) is 0 Å². The Kier molecular flexibility index (Phi) is 7.18. The van der Waals surface area contributed by atoms with E-state index in [-0.39, 0.29) is 34.9 Å². The van der Waals surface area contributed by atoms with Gasteiger partial charge in [-0.05, 0) is 67.9 Å². The zero-order valence-corrected chi connectivity index (χ0v) is 16.1. The van der Waals surface area contributed by atoms with E-state index in [1.807, 2.05) is 0 Å². The number of carbonyl (C=O) groups excluding carboxylic acids is 1. The van der Waals surface area contributed by atoms with Crippen LogP contribution >= 0.6 is 12.4 Å². The first-order valence-corrected chi connectivity index (χ1v) is 9.82. The molecule has 146 valence electrons. The molecule has 1 atom stereocenters. The molecule has 1 aliphatic heterocycles. The number of anilines is 1. The highest BCUT2D eigenvalue weighted by atomic mass is 35.5. The third-order valence-electron chi connectivity index (χ3n) is 4.16. The van der Waals surface area contributed by atoms with Crippen molar-refractivity contribution in [2.45, 2.75) is 23.8 Å². The quantitative estimate of drug-likeness (QED) is 0.703. The Balaban J connectivity index is 0.00000261. The van der Waals surface area contributed by atoms with Crippen molar-refractivity contribution in [1.29, 1.82) is 0 Å². The number of hydrogen-bond donors (Lipinski definition) is 3. The Morgan fingerprint density at radius 1 is 1.07 bits per heavy atom. The lowest BCUT2D eigenvalue weighted by Crippen LogP contribution is -2.45. The second kappa shape index (κ2) is 9.16. The normalized spacial score (nSPS) is 16.9. The largest absolute Gasteiger partial charge is 0.348 e. The minimum atomic E-state index is -3.81. The molecule has 1 heterocycles. The standard InChI is InChI=1S/C18H20FN3O3S.ClH/c19-14-5-7-15(8-6-14)22-26(24,25)17-9-3-13(4-10-17)18(23)21-16-2-1-11-20-12-16;/h3-10,16,20,22H,1-2,11-12H2,(H,21,23);1H. The van der Waals surface area contributed by atoms with Gasteiger partial charge in [0.05, 0.1) is 4.90 Å². The number of carbonyl (C=O) groups is 1. The van der Waals surface area contributed by atoms with Crippen molar-refractivity contribution in [2.75, 3.05) is 17.8 Å². The highest BCUT2D eigenvalue weighted by Gasteiger charge is 2.18. The van der Waals surface area contributed by atoms with Gasteiger partial charge in [0.2, 0.25) is 0 Å². The van der Waals surface area contributed by atoms with Gasteiger partial charge in [0, 0.05) is 23.8 Å². The monoisotopic (exact) mass is 413 g/mol. The average molecular weight is 414 g/mol. The van der Waals surface area contributed by atoms with Crippen LogP contribution in [0.5, 0.6) is 0 Å². The number of benzene rings is 2. The SMILES string of the molecule is Cl.O=C(NC1CCCNC1)c1ccc(S(=O)(=O)Nc2ccc(F)cc2)cc1. The van der Waals surface area contributed by atoms with Crippen molar-refractivity contribution in [3.63, 3.8) is 0 Å². The summed E-state index contributed by atoms with van der Waals surface area (Å²) < 4.78 is 40.0. The molecule has 2 aromatic carbocycles.